The van der Waals surface area contributed by atoms with Crippen molar-refractivity contribution in [3.8, 4) is 0 Å². The average molecular weight is 262 g/mol. The topological polar surface area (TPSA) is 89.3 Å². The van der Waals surface area contributed by atoms with Gasteiger partial charge in [-0.25, -0.2) is 0 Å². The molecule has 0 aliphatic carbocycles. The lowest BCUT2D eigenvalue weighted by Crippen LogP contribution is -2.45. The molecule has 0 bridgehead atoms. The van der Waals surface area contributed by atoms with Crippen molar-refractivity contribution in [1.82, 2.24) is 5.32 Å². The van der Waals surface area contributed by atoms with Crippen molar-refractivity contribution in [1.29, 1.82) is 0 Å². The number of ketones is 2. The van der Waals surface area contributed by atoms with Gasteiger partial charge in [0.1, 0.15) is 5.78 Å². The lowest BCUT2D eigenvalue weighted by Gasteiger charge is -2.17. The van der Waals surface area contributed by atoms with Crippen LogP contribution < -0.4 is 11.1 Å². The Morgan fingerprint density at radius 3 is 2.37 bits per heavy atom. The zero-order valence-corrected chi connectivity index (χ0v) is 10.9. The van der Waals surface area contributed by atoms with Crippen LogP contribution in [0.2, 0.25) is 0 Å². The van der Waals surface area contributed by atoms with E-state index in [0.717, 1.165) is 5.56 Å². The highest BCUT2D eigenvalue weighted by Crippen LogP contribution is 2.06. The van der Waals surface area contributed by atoms with Crippen LogP contribution in [0, 0.1) is 0 Å². The van der Waals surface area contributed by atoms with Crippen LogP contribution in [0.3, 0.4) is 0 Å². The third kappa shape index (κ3) is 5.44. The Morgan fingerprint density at radius 1 is 1.21 bits per heavy atom. The van der Waals surface area contributed by atoms with Gasteiger partial charge in [0.25, 0.3) is 0 Å². The molecule has 1 aromatic rings. The maximum atomic E-state index is 11.9. The second kappa shape index (κ2) is 7.43. The molecule has 1 amide bonds. The molecular formula is C14H18N2O3. The minimum absolute atomic E-state index is 0.178. The van der Waals surface area contributed by atoms with Gasteiger partial charge in [-0.05, 0) is 18.9 Å². The summed E-state index contributed by atoms with van der Waals surface area (Å²) in [5.41, 5.74) is 6.14. The van der Waals surface area contributed by atoms with Gasteiger partial charge in [-0.1, -0.05) is 30.3 Å². The van der Waals surface area contributed by atoms with Gasteiger partial charge in [-0.2, -0.15) is 0 Å². The highest BCUT2D eigenvalue weighted by atomic mass is 16.2. The van der Waals surface area contributed by atoms with E-state index < -0.39 is 11.9 Å². The predicted octanol–water partition coefficient (Wildman–Crippen LogP) is 0.221. The Hall–Kier alpha value is -2.01. The average Bonchev–Trinajstić information content (AvgIpc) is 2.38. The van der Waals surface area contributed by atoms with Gasteiger partial charge >= 0.3 is 0 Å². The Balaban J connectivity index is 2.77. The van der Waals surface area contributed by atoms with Gasteiger partial charge in [0, 0.05) is 0 Å². The standard InChI is InChI=1S/C14H18N2O3/c1-10(17)7-13(18)12(16-14(19)9-15)8-11-5-3-2-4-6-11/h2-6,12H,7-9,15H2,1H3,(H,16,19)/t12-/m0/s1. The SMILES string of the molecule is CC(=O)CC(=O)[C@H](Cc1ccccc1)NC(=O)CN. The van der Waals surface area contributed by atoms with E-state index in [2.05, 4.69) is 5.32 Å². The van der Waals surface area contributed by atoms with Crippen molar-refractivity contribution in [2.24, 2.45) is 5.73 Å². The first-order valence-corrected chi connectivity index (χ1v) is 6.08. The van der Waals surface area contributed by atoms with E-state index in [1.807, 2.05) is 30.3 Å². The molecular weight excluding hydrogens is 244 g/mol. The van der Waals surface area contributed by atoms with E-state index in [1.165, 1.54) is 6.92 Å². The molecule has 0 fully saturated rings. The van der Waals surface area contributed by atoms with Gasteiger partial charge in [0.05, 0.1) is 19.0 Å². The van der Waals surface area contributed by atoms with Crippen LogP contribution in [0.1, 0.15) is 18.9 Å². The molecule has 0 unspecified atom stereocenters. The molecule has 19 heavy (non-hydrogen) atoms. The molecule has 1 rings (SSSR count). The summed E-state index contributed by atoms with van der Waals surface area (Å²) in [5, 5.41) is 2.55. The second-order valence-electron chi connectivity index (χ2n) is 4.36. The minimum atomic E-state index is -0.706. The fourth-order valence-corrected chi connectivity index (χ4v) is 1.72. The lowest BCUT2D eigenvalue weighted by atomic mass is 9.99. The van der Waals surface area contributed by atoms with Crippen LogP contribution in [0.5, 0.6) is 0 Å². The Kier molecular flexibility index (Phi) is 5.89. The lowest BCUT2D eigenvalue weighted by molar-refractivity contribution is -0.130. The summed E-state index contributed by atoms with van der Waals surface area (Å²) in [5.74, 6) is -0.916. The largest absolute Gasteiger partial charge is 0.345 e. The van der Waals surface area contributed by atoms with Gasteiger partial charge in [0.2, 0.25) is 5.91 Å². The number of hydrogen-bond acceptors (Lipinski definition) is 4. The van der Waals surface area contributed by atoms with Gasteiger partial charge in [-0.15, -0.1) is 0 Å². The molecule has 0 saturated heterocycles. The number of nitrogens with two attached hydrogens (primary N) is 1. The van der Waals surface area contributed by atoms with E-state index in [1.54, 1.807) is 0 Å². The van der Waals surface area contributed by atoms with E-state index in [9.17, 15) is 14.4 Å². The third-order valence-electron chi connectivity index (χ3n) is 2.62. The number of Topliss-reactive ketones (excluding diaryl/α,β-unsaturated/α-hetero) is 2. The molecule has 0 spiro atoms. The molecule has 102 valence electrons. The number of carbonyl (C=O) groups is 3. The van der Waals surface area contributed by atoms with Crippen LogP contribution in [0.15, 0.2) is 30.3 Å². The quantitative estimate of drug-likeness (QED) is 0.688. The third-order valence-corrected chi connectivity index (χ3v) is 2.62. The molecule has 0 aliphatic heterocycles. The highest BCUT2D eigenvalue weighted by Gasteiger charge is 2.21. The van der Waals surface area contributed by atoms with Crippen molar-refractivity contribution in [3.63, 3.8) is 0 Å². The number of nitrogens with one attached hydrogen (secondary N) is 1. The number of benzene rings is 1. The summed E-state index contributed by atoms with van der Waals surface area (Å²) in [6, 6.07) is 8.60. The molecule has 1 aromatic carbocycles. The molecule has 0 aromatic heterocycles. The normalized spacial score (nSPS) is 11.7. The van der Waals surface area contributed by atoms with E-state index in [-0.39, 0.29) is 24.5 Å². The molecule has 3 N–H and O–H groups in total. The van der Waals surface area contributed by atoms with Crippen molar-refractivity contribution in [2.45, 2.75) is 25.8 Å². The molecule has 0 saturated carbocycles. The Bertz CT molecular complexity index is 457. The maximum absolute atomic E-state index is 11.9. The molecule has 5 heteroatoms. The van der Waals surface area contributed by atoms with Crippen molar-refractivity contribution in [3.05, 3.63) is 35.9 Å². The summed E-state index contributed by atoms with van der Waals surface area (Å²) in [7, 11) is 0. The van der Waals surface area contributed by atoms with E-state index in [0.29, 0.717) is 6.42 Å². The first kappa shape index (κ1) is 15.0. The van der Waals surface area contributed by atoms with Gasteiger partial charge < -0.3 is 11.1 Å². The number of rotatable bonds is 7. The molecule has 1 atom stereocenters. The first-order chi connectivity index (χ1) is 9.02. The molecule has 0 radical (unpaired) electrons. The summed E-state index contributed by atoms with van der Waals surface area (Å²) < 4.78 is 0. The summed E-state index contributed by atoms with van der Waals surface area (Å²) in [6.45, 7) is 1.17. The minimum Gasteiger partial charge on any atom is -0.345 e. The fourth-order valence-electron chi connectivity index (χ4n) is 1.72. The number of carbonyl (C=O) groups excluding carboxylic acids is 3. The van der Waals surface area contributed by atoms with E-state index in [4.69, 9.17) is 5.73 Å². The van der Waals surface area contributed by atoms with Gasteiger partial charge in [-0.3, -0.25) is 14.4 Å². The van der Waals surface area contributed by atoms with Crippen molar-refractivity contribution < 1.29 is 14.4 Å². The van der Waals surface area contributed by atoms with Crippen molar-refractivity contribution >= 4 is 17.5 Å². The maximum Gasteiger partial charge on any atom is 0.234 e. The summed E-state index contributed by atoms with van der Waals surface area (Å²) >= 11 is 0. The predicted molar refractivity (Wildman–Crippen MR) is 71.4 cm³/mol. The Morgan fingerprint density at radius 2 is 1.84 bits per heavy atom. The van der Waals surface area contributed by atoms with Crippen LogP contribution in [0.25, 0.3) is 0 Å². The summed E-state index contributed by atoms with van der Waals surface area (Å²) in [4.78, 5) is 34.3. The Labute approximate surface area is 112 Å². The first-order valence-electron chi connectivity index (χ1n) is 6.08. The van der Waals surface area contributed by atoms with Crippen LogP contribution in [-0.4, -0.2) is 30.1 Å². The summed E-state index contributed by atoms with van der Waals surface area (Å²) in [6.07, 6.45) is 0.182. The number of hydrogen-bond donors (Lipinski definition) is 2. The van der Waals surface area contributed by atoms with E-state index >= 15 is 0 Å². The number of amides is 1. The monoisotopic (exact) mass is 262 g/mol. The molecule has 0 heterocycles. The van der Waals surface area contributed by atoms with Crippen LogP contribution in [-0.2, 0) is 20.8 Å². The van der Waals surface area contributed by atoms with Crippen LogP contribution >= 0.6 is 0 Å². The second-order valence-corrected chi connectivity index (χ2v) is 4.36. The highest BCUT2D eigenvalue weighted by molar-refractivity contribution is 6.02. The van der Waals surface area contributed by atoms with Crippen LogP contribution in [0.4, 0.5) is 0 Å². The zero-order chi connectivity index (χ0) is 14.3. The zero-order valence-electron chi connectivity index (χ0n) is 10.9. The fraction of sp³-hybridized carbons (Fsp3) is 0.357. The molecule has 0 aliphatic rings. The van der Waals surface area contributed by atoms with Gasteiger partial charge in [0.15, 0.2) is 5.78 Å². The molecule has 5 nitrogen and oxygen atoms in total. The van der Waals surface area contributed by atoms with Crippen molar-refractivity contribution in [2.75, 3.05) is 6.54 Å². The smallest absolute Gasteiger partial charge is 0.234 e.